The Bertz CT molecular complexity index is 527. The molecule has 2 aliphatic rings. The first kappa shape index (κ1) is 16.3. The van der Waals surface area contributed by atoms with Crippen LogP contribution in [0.25, 0.3) is 0 Å². The fraction of sp³-hybridized carbons (Fsp3) is 0.688. The van der Waals surface area contributed by atoms with E-state index in [9.17, 15) is 4.79 Å². The van der Waals surface area contributed by atoms with Crippen LogP contribution in [0.15, 0.2) is 18.6 Å². The Morgan fingerprint density at radius 2 is 2.22 bits per heavy atom. The lowest BCUT2D eigenvalue weighted by molar-refractivity contribution is -0.0159. The van der Waals surface area contributed by atoms with E-state index in [1.54, 1.807) is 26.6 Å². The molecular formula is C16H24N4O3. The highest BCUT2D eigenvalue weighted by atomic mass is 16.5. The van der Waals surface area contributed by atoms with Crippen molar-refractivity contribution in [1.29, 1.82) is 0 Å². The molecule has 3 atom stereocenters. The van der Waals surface area contributed by atoms with Gasteiger partial charge in [0.05, 0.1) is 24.9 Å². The van der Waals surface area contributed by atoms with Gasteiger partial charge in [-0.25, -0.2) is 4.98 Å². The van der Waals surface area contributed by atoms with Crippen LogP contribution in [0.2, 0.25) is 0 Å². The van der Waals surface area contributed by atoms with Crippen molar-refractivity contribution in [3.8, 4) is 0 Å². The first-order valence-electron chi connectivity index (χ1n) is 8.05. The van der Waals surface area contributed by atoms with E-state index in [0.717, 1.165) is 26.1 Å². The third kappa shape index (κ3) is 3.36. The lowest BCUT2D eigenvalue weighted by atomic mass is 9.89. The SMILES string of the molecule is COCCN1C[C@@H]2[C@@H](OC)CCN(C(=O)c3cnccn3)[C@@H]2C1. The number of rotatable bonds is 5. The Hall–Kier alpha value is -1.57. The summed E-state index contributed by atoms with van der Waals surface area (Å²) in [6.07, 6.45) is 5.75. The van der Waals surface area contributed by atoms with Crippen LogP contribution in [-0.2, 0) is 9.47 Å². The van der Waals surface area contributed by atoms with Crippen molar-refractivity contribution < 1.29 is 14.3 Å². The van der Waals surface area contributed by atoms with Crippen LogP contribution >= 0.6 is 0 Å². The number of likely N-dealkylation sites (tertiary alicyclic amines) is 2. The fourth-order valence-electron chi connectivity index (χ4n) is 3.74. The number of carbonyl (C=O) groups is 1. The molecule has 126 valence electrons. The van der Waals surface area contributed by atoms with Gasteiger partial charge in [-0.15, -0.1) is 0 Å². The summed E-state index contributed by atoms with van der Waals surface area (Å²) in [4.78, 5) is 25.3. The number of hydrogen-bond donors (Lipinski definition) is 0. The third-order valence-electron chi connectivity index (χ3n) is 4.90. The number of methoxy groups -OCH3 is 2. The maximum Gasteiger partial charge on any atom is 0.274 e. The summed E-state index contributed by atoms with van der Waals surface area (Å²) in [7, 11) is 3.48. The quantitative estimate of drug-likeness (QED) is 0.776. The topological polar surface area (TPSA) is 67.8 Å². The molecule has 2 saturated heterocycles. The number of hydrogen-bond acceptors (Lipinski definition) is 6. The fourth-order valence-corrected chi connectivity index (χ4v) is 3.74. The van der Waals surface area contributed by atoms with Gasteiger partial charge in [-0.3, -0.25) is 14.7 Å². The summed E-state index contributed by atoms with van der Waals surface area (Å²) in [5.41, 5.74) is 0.414. The molecule has 2 fully saturated rings. The van der Waals surface area contributed by atoms with Crippen LogP contribution in [0.5, 0.6) is 0 Å². The standard InChI is InChI=1S/C16H24N4O3/c1-22-8-7-19-10-12-14(11-19)20(6-3-15(12)23-2)16(21)13-9-17-4-5-18-13/h4-5,9,12,14-15H,3,6-8,10-11H2,1-2H3/t12-,14+,15-/m0/s1. The van der Waals surface area contributed by atoms with E-state index in [4.69, 9.17) is 9.47 Å². The minimum absolute atomic E-state index is 0.0313. The second kappa shape index (κ2) is 7.33. The lowest BCUT2D eigenvalue weighted by Crippen LogP contribution is -2.53. The van der Waals surface area contributed by atoms with Crippen LogP contribution in [0.1, 0.15) is 16.9 Å². The van der Waals surface area contributed by atoms with Gasteiger partial charge in [-0.05, 0) is 6.42 Å². The average molecular weight is 320 g/mol. The molecule has 0 spiro atoms. The molecule has 0 unspecified atom stereocenters. The van der Waals surface area contributed by atoms with E-state index in [1.807, 2.05) is 4.90 Å². The predicted octanol–water partition coefficient (Wildman–Crippen LogP) is 0.284. The zero-order chi connectivity index (χ0) is 16.2. The normalized spacial score (nSPS) is 27.9. The number of fused-ring (bicyclic) bond motifs is 1. The second-order valence-electron chi connectivity index (χ2n) is 6.14. The van der Waals surface area contributed by atoms with Crippen LogP contribution in [-0.4, -0.2) is 84.8 Å². The van der Waals surface area contributed by atoms with Gasteiger partial charge in [0.25, 0.3) is 5.91 Å². The molecule has 0 saturated carbocycles. The number of amides is 1. The molecule has 0 bridgehead atoms. The first-order chi connectivity index (χ1) is 11.2. The van der Waals surface area contributed by atoms with E-state index in [0.29, 0.717) is 24.8 Å². The summed E-state index contributed by atoms with van der Waals surface area (Å²) < 4.78 is 10.8. The minimum atomic E-state index is -0.0313. The smallest absolute Gasteiger partial charge is 0.274 e. The van der Waals surface area contributed by atoms with Crippen molar-refractivity contribution in [1.82, 2.24) is 19.8 Å². The molecule has 0 aliphatic carbocycles. The van der Waals surface area contributed by atoms with Gasteiger partial charge < -0.3 is 14.4 Å². The average Bonchev–Trinajstić information content (AvgIpc) is 3.03. The van der Waals surface area contributed by atoms with Crippen molar-refractivity contribution in [2.75, 3.05) is 47.0 Å². The van der Waals surface area contributed by atoms with E-state index >= 15 is 0 Å². The molecule has 3 heterocycles. The van der Waals surface area contributed by atoms with Crippen molar-refractivity contribution >= 4 is 5.91 Å². The van der Waals surface area contributed by atoms with Crippen LogP contribution in [0.3, 0.4) is 0 Å². The summed E-state index contributed by atoms with van der Waals surface area (Å²) in [5, 5.41) is 0. The summed E-state index contributed by atoms with van der Waals surface area (Å²) in [5.74, 6) is 0.308. The molecule has 23 heavy (non-hydrogen) atoms. The Labute approximate surface area is 136 Å². The second-order valence-corrected chi connectivity index (χ2v) is 6.14. The van der Waals surface area contributed by atoms with Crippen LogP contribution in [0.4, 0.5) is 0 Å². The highest BCUT2D eigenvalue weighted by Gasteiger charge is 2.46. The number of ether oxygens (including phenoxy) is 2. The molecule has 2 aliphatic heterocycles. The molecule has 1 amide bonds. The number of piperidine rings is 1. The summed E-state index contributed by atoms with van der Waals surface area (Å²) >= 11 is 0. The van der Waals surface area contributed by atoms with Crippen molar-refractivity contribution in [2.24, 2.45) is 5.92 Å². The number of nitrogens with zero attached hydrogens (tertiary/aromatic N) is 4. The van der Waals surface area contributed by atoms with Gasteiger partial charge in [0.15, 0.2) is 0 Å². The first-order valence-corrected chi connectivity index (χ1v) is 8.05. The largest absolute Gasteiger partial charge is 0.383 e. The maximum atomic E-state index is 12.8. The molecule has 0 aromatic carbocycles. The highest BCUT2D eigenvalue weighted by Crippen LogP contribution is 2.33. The molecule has 7 heteroatoms. The van der Waals surface area contributed by atoms with Crippen LogP contribution in [0, 0.1) is 5.92 Å². The molecular weight excluding hydrogens is 296 g/mol. The van der Waals surface area contributed by atoms with Crippen molar-refractivity contribution in [3.63, 3.8) is 0 Å². The van der Waals surface area contributed by atoms with E-state index in [2.05, 4.69) is 14.9 Å². The third-order valence-corrected chi connectivity index (χ3v) is 4.90. The molecule has 7 nitrogen and oxygen atoms in total. The van der Waals surface area contributed by atoms with Crippen molar-refractivity contribution in [3.05, 3.63) is 24.3 Å². The minimum Gasteiger partial charge on any atom is -0.383 e. The number of carbonyl (C=O) groups excluding carboxylic acids is 1. The summed E-state index contributed by atoms with van der Waals surface area (Å²) in [6, 6.07) is 0.167. The van der Waals surface area contributed by atoms with E-state index in [-0.39, 0.29) is 18.1 Å². The Morgan fingerprint density at radius 3 is 2.91 bits per heavy atom. The van der Waals surface area contributed by atoms with Gasteiger partial charge >= 0.3 is 0 Å². The zero-order valence-electron chi connectivity index (χ0n) is 13.7. The molecule has 1 aromatic rings. The van der Waals surface area contributed by atoms with Crippen molar-refractivity contribution in [2.45, 2.75) is 18.6 Å². The molecule has 0 N–H and O–H groups in total. The maximum absolute atomic E-state index is 12.8. The van der Waals surface area contributed by atoms with Gasteiger partial charge in [0.1, 0.15) is 5.69 Å². The zero-order valence-corrected chi connectivity index (χ0v) is 13.7. The summed E-state index contributed by atoms with van der Waals surface area (Å²) in [6.45, 7) is 4.09. The monoisotopic (exact) mass is 320 g/mol. The molecule has 0 radical (unpaired) electrons. The predicted molar refractivity (Wildman–Crippen MR) is 84.1 cm³/mol. The van der Waals surface area contributed by atoms with E-state index < -0.39 is 0 Å². The molecule has 3 rings (SSSR count). The Morgan fingerprint density at radius 1 is 1.35 bits per heavy atom. The Kier molecular flexibility index (Phi) is 5.20. The van der Waals surface area contributed by atoms with Crippen LogP contribution < -0.4 is 0 Å². The highest BCUT2D eigenvalue weighted by molar-refractivity contribution is 5.92. The van der Waals surface area contributed by atoms with E-state index in [1.165, 1.54) is 6.20 Å². The number of aromatic nitrogens is 2. The molecule has 1 aromatic heterocycles. The van der Waals surface area contributed by atoms with Gasteiger partial charge in [0.2, 0.25) is 0 Å². The lowest BCUT2D eigenvalue weighted by Gasteiger charge is -2.40. The van der Waals surface area contributed by atoms with Gasteiger partial charge in [-0.1, -0.05) is 0 Å². The van der Waals surface area contributed by atoms with Gasteiger partial charge in [-0.2, -0.15) is 0 Å². The Balaban J connectivity index is 1.76. The van der Waals surface area contributed by atoms with Gasteiger partial charge in [0, 0.05) is 58.7 Å².